The van der Waals surface area contributed by atoms with Crippen molar-refractivity contribution in [2.45, 2.75) is 13.8 Å². The fourth-order valence-corrected chi connectivity index (χ4v) is 2.52. The third kappa shape index (κ3) is 3.09. The van der Waals surface area contributed by atoms with Crippen LogP contribution in [0.15, 0.2) is 66.7 Å². The van der Waals surface area contributed by atoms with Crippen LogP contribution < -0.4 is 4.90 Å². The molecule has 0 amide bonds. The molecule has 0 aliphatic rings. The molecule has 0 aromatic heterocycles. The van der Waals surface area contributed by atoms with Crippen LogP contribution in [-0.4, -0.2) is 0 Å². The maximum absolute atomic E-state index is 14.5. The van der Waals surface area contributed by atoms with Gasteiger partial charge in [0, 0.05) is 11.4 Å². The first-order valence-corrected chi connectivity index (χ1v) is 7.44. The average Bonchev–Trinajstić information content (AvgIpc) is 2.54. The Bertz CT molecular complexity index is 828. The molecule has 23 heavy (non-hydrogen) atoms. The summed E-state index contributed by atoms with van der Waals surface area (Å²) >= 11 is 0. The second kappa shape index (κ2) is 6.21. The van der Waals surface area contributed by atoms with Crippen molar-refractivity contribution in [2.75, 3.05) is 4.90 Å². The van der Waals surface area contributed by atoms with E-state index >= 15 is 0 Å². The highest BCUT2D eigenvalue weighted by Gasteiger charge is 2.17. The van der Waals surface area contributed by atoms with Gasteiger partial charge in [-0.1, -0.05) is 30.3 Å². The Labute approximate surface area is 134 Å². The molecule has 0 aliphatic carbocycles. The van der Waals surface area contributed by atoms with Crippen molar-refractivity contribution in [3.05, 3.63) is 89.5 Å². The average molecular weight is 309 g/mol. The zero-order valence-corrected chi connectivity index (χ0v) is 13.1. The van der Waals surface area contributed by atoms with E-state index in [2.05, 4.69) is 0 Å². The van der Waals surface area contributed by atoms with Gasteiger partial charge in [0.15, 0.2) is 0 Å². The molecule has 1 nitrogen and oxygen atoms in total. The van der Waals surface area contributed by atoms with Gasteiger partial charge < -0.3 is 4.90 Å². The van der Waals surface area contributed by atoms with Gasteiger partial charge in [-0.3, -0.25) is 0 Å². The summed E-state index contributed by atoms with van der Waals surface area (Å²) in [7, 11) is 0. The van der Waals surface area contributed by atoms with Gasteiger partial charge in [-0.05, 0) is 61.4 Å². The van der Waals surface area contributed by atoms with Crippen LogP contribution in [-0.2, 0) is 0 Å². The van der Waals surface area contributed by atoms with Crippen molar-refractivity contribution >= 4 is 17.1 Å². The number of nitrogens with zero attached hydrogens (tertiary/aromatic N) is 1. The van der Waals surface area contributed by atoms with E-state index in [9.17, 15) is 8.78 Å². The Morgan fingerprint density at radius 2 is 1.43 bits per heavy atom. The van der Waals surface area contributed by atoms with Crippen molar-refractivity contribution in [3.8, 4) is 0 Å². The molecule has 0 spiro atoms. The summed E-state index contributed by atoms with van der Waals surface area (Å²) in [5.41, 5.74) is 3.16. The van der Waals surface area contributed by atoms with Crippen molar-refractivity contribution in [1.29, 1.82) is 0 Å². The molecule has 0 aliphatic heterocycles. The fourth-order valence-electron chi connectivity index (χ4n) is 2.52. The fraction of sp³-hybridized carbons (Fsp3) is 0.100. The maximum atomic E-state index is 14.5. The number of hydrogen-bond donors (Lipinski definition) is 0. The van der Waals surface area contributed by atoms with Crippen LogP contribution in [0.1, 0.15) is 11.1 Å². The molecule has 0 fully saturated rings. The van der Waals surface area contributed by atoms with Gasteiger partial charge in [-0.25, -0.2) is 8.78 Å². The summed E-state index contributed by atoms with van der Waals surface area (Å²) < 4.78 is 28.5. The van der Waals surface area contributed by atoms with Crippen molar-refractivity contribution in [1.82, 2.24) is 0 Å². The molecule has 3 aromatic carbocycles. The molecule has 0 saturated heterocycles. The van der Waals surface area contributed by atoms with E-state index in [0.29, 0.717) is 16.9 Å². The van der Waals surface area contributed by atoms with E-state index < -0.39 is 0 Å². The van der Waals surface area contributed by atoms with Crippen LogP contribution in [0, 0.1) is 25.5 Å². The number of rotatable bonds is 3. The lowest BCUT2D eigenvalue weighted by atomic mass is 10.1. The number of aryl methyl sites for hydroxylation is 2. The van der Waals surface area contributed by atoms with E-state index in [0.717, 1.165) is 11.3 Å². The Kier molecular flexibility index (Phi) is 4.11. The third-order valence-corrected chi connectivity index (χ3v) is 3.77. The Balaban J connectivity index is 2.20. The molecular weight excluding hydrogens is 292 g/mol. The van der Waals surface area contributed by atoms with Gasteiger partial charge in [0.1, 0.15) is 11.6 Å². The maximum Gasteiger partial charge on any atom is 0.147 e. The molecule has 3 rings (SSSR count). The van der Waals surface area contributed by atoms with Gasteiger partial charge in [0.2, 0.25) is 0 Å². The summed E-state index contributed by atoms with van der Waals surface area (Å²) in [6, 6.07) is 19.4. The van der Waals surface area contributed by atoms with E-state index in [4.69, 9.17) is 0 Å². The lowest BCUT2D eigenvalue weighted by Gasteiger charge is -2.26. The monoisotopic (exact) mass is 309 g/mol. The lowest BCUT2D eigenvalue weighted by Crippen LogP contribution is -2.12. The smallest absolute Gasteiger partial charge is 0.147 e. The highest BCUT2D eigenvalue weighted by molar-refractivity contribution is 5.77. The van der Waals surface area contributed by atoms with E-state index in [1.165, 1.54) is 12.1 Å². The summed E-state index contributed by atoms with van der Waals surface area (Å²) in [5, 5.41) is 0. The Morgan fingerprint density at radius 1 is 0.696 bits per heavy atom. The topological polar surface area (TPSA) is 3.24 Å². The van der Waals surface area contributed by atoms with Crippen LogP contribution in [0.3, 0.4) is 0 Å². The molecule has 0 N–H and O–H groups in total. The summed E-state index contributed by atoms with van der Waals surface area (Å²) in [4.78, 5) is 1.72. The molecule has 3 aromatic rings. The van der Waals surface area contributed by atoms with E-state index in [1.54, 1.807) is 30.0 Å². The molecular formula is C20H17F2N. The standard InChI is InChI=1S/C20H17F2N/c1-14-8-11-20(19(22)12-14)23(16-6-4-3-5-7-16)17-10-9-15(2)18(21)13-17/h3-13H,1-2H3. The molecule has 0 radical (unpaired) electrons. The van der Waals surface area contributed by atoms with Crippen LogP contribution in [0.5, 0.6) is 0 Å². The third-order valence-electron chi connectivity index (χ3n) is 3.77. The minimum absolute atomic E-state index is 0.309. The largest absolute Gasteiger partial charge is 0.308 e. The van der Waals surface area contributed by atoms with Gasteiger partial charge >= 0.3 is 0 Å². The zero-order chi connectivity index (χ0) is 16.4. The second-order valence-electron chi connectivity index (χ2n) is 5.56. The number of hydrogen-bond acceptors (Lipinski definition) is 1. The highest BCUT2D eigenvalue weighted by Crippen LogP contribution is 2.36. The predicted molar refractivity (Wildman–Crippen MR) is 90.5 cm³/mol. The molecule has 0 bridgehead atoms. The highest BCUT2D eigenvalue weighted by atomic mass is 19.1. The van der Waals surface area contributed by atoms with Crippen LogP contribution in [0.4, 0.5) is 25.8 Å². The van der Waals surface area contributed by atoms with E-state index in [-0.39, 0.29) is 11.6 Å². The SMILES string of the molecule is Cc1ccc(N(c2ccccc2)c2ccc(C)c(F)c2)c(F)c1. The van der Waals surface area contributed by atoms with Gasteiger partial charge in [-0.2, -0.15) is 0 Å². The van der Waals surface area contributed by atoms with Crippen LogP contribution in [0.25, 0.3) is 0 Å². The predicted octanol–water partition coefficient (Wildman–Crippen LogP) is 6.05. The lowest BCUT2D eigenvalue weighted by molar-refractivity contribution is 0.617. The van der Waals surface area contributed by atoms with Gasteiger partial charge in [0.05, 0.1) is 5.69 Å². The number of para-hydroxylation sites is 1. The minimum Gasteiger partial charge on any atom is -0.308 e. The second-order valence-corrected chi connectivity index (χ2v) is 5.56. The molecule has 0 saturated carbocycles. The Morgan fingerprint density at radius 3 is 2.09 bits per heavy atom. The number of halogens is 2. The van der Waals surface area contributed by atoms with Crippen LogP contribution in [0.2, 0.25) is 0 Å². The number of anilines is 3. The Hall–Kier alpha value is -2.68. The number of benzene rings is 3. The first kappa shape index (κ1) is 15.2. The molecule has 116 valence electrons. The van der Waals surface area contributed by atoms with Gasteiger partial charge in [0.25, 0.3) is 0 Å². The first-order chi connectivity index (χ1) is 11.1. The van der Waals surface area contributed by atoms with Crippen molar-refractivity contribution in [3.63, 3.8) is 0 Å². The summed E-state index contributed by atoms with van der Waals surface area (Å²) in [6.07, 6.45) is 0. The van der Waals surface area contributed by atoms with Gasteiger partial charge in [-0.15, -0.1) is 0 Å². The van der Waals surface area contributed by atoms with Crippen LogP contribution >= 0.6 is 0 Å². The van der Waals surface area contributed by atoms with Crippen molar-refractivity contribution < 1.29 is 8.78 Å². The van der Waals surface area contributed by atoms with Crippen molar-refractivity contribution in [2.24, 2.45) is 0 Å². The first-order valence-electron chi connectivity index (χ1n) is 7.44. The van der Waals surface area contributed by atoms with E-state index in [1.807, 2.05) is 43.3 Å². The minimum atomic E-state index is -0.338. The molecule has 0 atom stereocenters. The molecule has 0 unspecified atom stereocenters. The summed E-state index contributed by atoms with van der Waals surface area (Å²) in [6.45, 7) is 3.55. The normalized spacial score (nSPS) is 10.6. The summed E-state index contributed by atoms with van der Waals surface area (Å²) in [5.74, 6) is -0.647. The quantitative estimate of drug-likeness (QED) is 0.569. The molecule has 0 heterocycles. The zero-order valence-electron chi connectivity index (χ0n) is 13.1. The molecule has 3 heteroatoms.